The zero-order valence-corrected chi connectivity index (χ0v) is 9.99. The Morgan fingerprint density at radius 1 is 1.54 bits per heavy atom. The molecule has 1 atom stereocenters. The second-order valence-electron chi connectivity index (χ2n) is 2.81. The largest absolute Gasteiger partial charge is 0.392 e. The summed E-state index contributed by atoms with van der Waals surface area (Å²) in [6, 6.07) is 3.98. The van der Waals surface area contributed by atoms with Gasteiger partial charge in [-0.25, -0.2) is 0 Å². The molecular weight excluding hydrogens is 300 g/mol. The van der Waals surface area contributed by atoms with Gasteiger partial charge in [0.25, 0.3) is 0 Å². The lowest BCUT2D eigenvalue weighted by Crippen LogP contribution is -2.09. The average molecular weight is 312 g/mol. The van der Waals surface area contributed by atoms with E-state index in [-0.39, 0.29) is 0 Å². The Morgan fingerprint density at radius 3 is 2.85 bits per heavy atom. The SMILES string of the molecule is O[C@H](CCl)CCc1ccc(I)cn1. The van der Waals surface area contributed by atoms with Crippen LogP contribution >= 0.6 is 34.2 Å². The average Bonchev–Trinajstić information content (AvgIpc) is 2.16. The van der Waals surface area contributed by atoms with E-state index in [1.807, 2.05) is 18.3 Å². The third kappa shape index (κ3) is 4.24. The molecule has 0 aliphatic rings. The Bertz CT molecular complexity index is 252. The lowest BCUT2D eigenvalue weighted by molar-refractivity contribution is 0.188. The van der Waals surface area contributed by atoms with E-state index in [0.717, 1.165) is 15.7 Å². The Labute approximate surface area is 96.5 Å². The quantitative estimate of drug-likeness (QED) is 0.683. The third-order valence-corrected chi connectivity index (χ3v) is 2.69. The van der Waals surface area contributed by atoms with Crippen LogP contribution in [0.15, 0.2) is 18.3 Å². The first-order valence-corrected chi connectivity index (χ1v) is 5.68. The third-order valence-electron chi connectivity index (χ3n) is 1.70. The Balaban J connectivity index is 2.41. The van der Waals surface area contributed by atoms with Crippen LogP contribution in [0.2, 0.25) is 0 Å². The molecule has 13 heavy (non-hydrogen) atoms. The number of hydrogen-bond acceptors (Lipinski definition) is 2. The van der Waals surface area contributed by atoms with Gasteiger partial charge >= 0.3 is 0 Å². The maximum Gasteiger partial charge on any atom is 0.0679 e. The molecule has 0 aliphatic carbocycles. The van der Waals surface area contributed by atoms with Crippen molar-refractivity contribution in [3.05, 3.63) is 27.6 Å². The summed E-state index contributed by atoms with van der Waals surface area (Å²) < 4.78 is 1.12. The number of aliphatic hydroxyl groups excluding tert-OH is 1. The van der Waals surface area contributed by atoms with Crippen molar-refractivity contribution in [3.8, 4) is 0 Å². The number of nitrogens with zero attached hydrogens (tertiary/aromatic N) is 1. The van der Waals surface area contributed by atoms with Gasteiger partial charge in [-0.1, -0.05) is 0 Å². The molecule has 0 saturated carbocycles. The predicted octanol–water partition coefficient (Wildman–Crippen LogP) is 2.22. The number of rotatable bonds is 4. The fourth-order valence-corrected chi connectivity index (χ4v) is 1.42. The molecule has 0 amide bonds. The molecule has 0 aromatic carbocycles. The molecular formula is C9H11ClINO. The maximum absolute atomic E-state index is 9.21. The van der Waals surface area contributed by atoms with E-state index in [9.17, 15) is 5.11 Å². The normalized spacial score (nSPS) is 12.8. The second-order valence-corrected chi connectivity index (χ2v) is 4.37. The van der Waals surface area contributed by atoms with Gasteiger partial charge in [-0.3, -0.25) is 4.98 Å². The minimum atomic E-state index is -0.414. The summed E-state index contributed by atoms with van der Waals surface area (Å²) in [5.74, 6) is 0.296. The van der Waals surface area contributed by atoms with Crippen LogP contribution in [0.4, 0.5) is 0 Å². The number of hydrogen-bond donors (Lipinski definition) is 1. The number of aryl methyl sites for hydroxylation is 1. The molecule has 1 heterocycles. The van der Waals surface area contributed by atoms with Crippen LogP contribution in [0.1, 0.15) is 12.1 Å². The highest BCUT2D eigenvalue weighted by molar-refractivity contribution is 14.1. The second kappa shape index (κ2) is 5.78. The van der Waals surface area contributed by atoms with Crippen LogP contribution < -0.4 is 0 Å². The highest BCUT2D eigenvalue weighted by Crippen LogP contribution is 2.06. The fourth-order valence-electron chi connectivity index (χ4n) is 0.946. The molecule has 0 saturated heterocycles. The van der Waals surface area contributed by atoms with Gasteiger partial charge in [-0.05, 0) is 47.6 Å². The van der Waals surface area contributed by atoms with Gasteiger partial charge in [0.1, 0.15) is 0 Å². The molecule has 72 valence electrons. The summed E-state index contributed by atoms with van der Waals surface area (Å²) in [4.78, 5) is 4.22. The Hall–Kier alpha value is 0.130. The van der Waals surface area contributed by atoms with Crippen molar-refractivity contribution < 1.29 is 5.11 Å². The van der Waals surface area contributed by atoms with Gasteiger partial charge in [0, 0.05) is 21.3 Å². The van der Waals surface area contributed by atoms with E-state index in [1.165, 1.54) is 0 Å². The minimum Gasteiger partial charge on any atom is -0.392 e. The first kappa shape index (κ1) is 11.2. The van der Waals surface area contributed by atoms with Crippen LogP contribution in [0.3, 0.4) is 0 Å². The number of aromatic nitrogens is 1. The highest BCUT2D eigenvalue weighted by atomic mass is 127. The lowest BCUT2D eigenvalue weighted by Gasteiger charge is -2.05. The van der Waals surface area contributed by atoms with Crippen LogP contribution in [0.25, 0.3) is 0 Å². The molecule has 1 aromatic heterocycles. The molecule has 0 bridgehead atoms. The first-order valence-electron chi connectivity index (χ1n) is 4.07. The van der Waals surface area contributed by atoms with E-state index in [4.69, 9.17) is 11.6 Å². The molecule has 0 aliphatic heterocycles. The van der Waals surface area contributed by atoms with Crippen LogP contribution in [-0.2, 0) is 6.42 Å². The van der Waals surface area contributed by atoms with Gasteiger partial charge in [-0.15, -0.1) is 11.6 Å². The van der Waals surface area contributed by atoms with Crippen molar-refractivity contribution in [1.29, 1.82) is 0 Å². The summed E-state index contributed by atoms with van der Waals surface area (Å²) in [5.41, 5.74) is 1.00. The Kier molecular flexibility index (Phi) is 4.98. The van der Waals surface area contributed by atoms with Crippen LogP contribution in [0.5, 0.6) is 0 Å². The van der Waals surface area contributed by atoms with Gasteiger partial charge in [0.15, 0.2) is 0 Å². The molecule has 2 nitrogen and oxygen atoms in total. The van der Waals surface area contributed by atoms with Crippen molar-refractivity contribution >= 4 is 34.2 Å². The van der Waals surface area contributed by atoms with Gasteiger partial charge in [0.2, 0.25) is 0 Å². The molecule has 0 unspecified atom stereocenters. The van der Waals surface area contributed by atoms with E-state index in [0.29, 0.717) is 12.3 Å². The van der Waals surface area contributed by atoms with Gasteiger partial charge in [-0.2, -0.15) is 0 Å². The predicted molar refractivity (Wildman–Crippen MR) is 62.0 cm³/mol. The van der Waals surface area contributed by atoms with Crippen LogP contribution in [-0.4, -0.2) is 22.1 Å². The van der Waals surface area contributed by atoms with E-state index in [2.05, 4.69) is 27.6 Å². The van der Waals surface area contributed by atoms with Gasteiger partial charge in [0.05, 0.1) is 6.10 Å². The zero-order valence-electron chi connectivity index (χ0n) is 7.08. The number of alkyl halides is 1. The van der Waals surface area contributed by atoms with E-state index < -0.39 is 6.10 Å². The summed E-state index contributed by atoms with van der Waals surface area (Å²) in [7, 11) is 0. The molecule has 0 fully saturated rings. The van der Waals surface area contributed by atoms with Gasteiger partial charge < -0.3 is 5.11 Å². The zero-order chi connectivity index (χ0) is 9.68. The summed E-state index contributed by atoms with van der Waals surface area (Å²) in [5, 5.41) is 9.21. The lowest BCUT2D eigenvalue weighted by atomic mass is 10.1. The minimum absolute atomic E-state index is 0.296. The summed E-state index contributed by atoms with van der Waals surface area (Å²) >= 11 is 7.68. The van der Waals surface area contributed by atoms with E-state index >= 15 is 0 Å². The first-order chi connectivity index (χ1) is 6.22. The molecule has 1 aromatic rings. The molecule has 0 spiro atoms. The molecule has 4 heteroatoms. The standard InChI is InChI=1S/C9H11ClINO/c10-5-9(13)4-3-8-2-1-7(11)6-12-8/h1-2,6,9,13H,3-5H2/t9-/m0/s1. The highest BCUT2D eigenvalue weighted by Gasteiger charge is 2.02. The topological polar surface area (TPSA) is 33.1 Å². The fraction of sp³-hybridized carbons (Fsp3) is 0.444. The van der Waals surface area contributed by atoms with Crippen LogP contribution in [0, 0.1) is 3.57 Å². The Morgan fingerprint density at radius 2 is 2.31 bits per heavy atom. The number of halogens is 2. The van der Waals surface area contributed by atoms with Crippen molar-refractivity contribution in [2.24, 2.45) is 0 Å². The van der Waals surface area contributed by atoms with Crippen molar-refractivity contribution in [2.45, 2.75) is 18.9 Å². The smallest absolute Gasteiger partial charge is 0.0679 e. The van der Waals surface area contributed by atoms with Crippen molar-refractivity contribution in [1.82, 2.24) is 4.98 Å². The van der Waals surface area contributed by atoms with Crippen molar-refractivity contribution in [3.63, 3.8) is 0 Å². The van der Waals surface area contributed by atoms with E-state index in [1.54, 1.807) is 0 Å². The molecule has 1 N–H and O–H groups in total. The number of pyridine rings is 1. The number of aliphatic hydroxyl groups is 1. The summed E-state index contributed by atoms with van der Waals surface area (Å²) in [6.07, 6.45) is 2.87. The summed E-state index contributed by atoms with van der Waals surface area (Å²) in [6.45, 7) is 0. The molecule has 0 radical (unpaired) electrons. The monoisotopic (exact) mass is 311 g/mol. The maximum atomic E-state index is 9.21. The molecule has 1 rings (SSSR count). The van der Waals surface area contributed by atoms with Crippen molar-refractivity contribution in [2.75, 3.05) is 5.88 Å².